The van der Waals surface area contributed by atoms with Crippen molar-refractivity contribution in [3.63, 3.8) is 0 Å². The third-order valence-corrected chi connectivity index (χ3v) is 6.20. The predicted octanol–water partition coefficient (Wildman–Crippen LogP) is 1.85. The molecule has 1 aliphatic carbocycles. The molecule has 1 aromatic heterocycles. The molecular formula is C23H15F2N5O2. The Labute approximate surface area is 181 Å². The van der Waals surface area contributed by atoms with Gasteiger partial charge in [0, 0.05) is 36.5 Å². The van der Waals surface area contributed by atoms with E-state index in [0.29, 0.717) is 31.4 Å². The minimum absolute atomic E-state index is 0.0531. The summed E-state index contributed by atoms with van der Waals surface area (Å²) < 4.78 is 30.4. The van der Waals surface area contributed by atoms with Gasteiger partial charge in [0.1, 0.15) is 22.9 Å². The van der Waals surface area contributed by atoms with Crippen molar-refractivity contribution in [2.75, 3.05) is 6.54 Å². The molecule has 4 heterocycles. The second kappa shape index (κ2) is 6.53. The van der Waals surface area contributed by atoms with Crippen LogP contribution in [0.4, 0.5) is 8.78 Å². The summed E-state index contributed by atoms with van der Waals surface area (Å²) >= 11 is 0. The first-order chi connectivity index (χ1) is 15.5. The largest absolute Gasteiger partial charge is 0.316 e. The van der Waals surface area contributed by atoms with Crippen molar-refractivity contribution in [1.29, 1.82) is 0 Å². The Morgan fingerprint density at radius 3 is 2.41 bits per heavy atom. The Balaban J connectivity index is 1.41. The number of pyridine rings is 1. The van der Waals surface area contributed by atoms with Gasteiger partial charge in [0.2, 0.25) is 11.9 Å². The highest BCUT2D eigenvalue weighted by molar-refractivity contribution is 6.22. The summed E-state index contributed by atoms with van der Waals surface area (Å²) in [6.45, 7) is 0.425. The molecule has 6 rings (SSSR count). The molecule has 0 N–H and O–H groups in total. The molecule has 32 heavy (non-hydrogen) atoms. The van der Waals surface area contributed by atoms with Gasteiger partial charge in [-0.1, -0.05) is 11.8 Å². The minimum Gasteiger partial charge on any atom is -0.316 e. The Morgan fingerprint density at radius 1 is 1.06 bits per heavy atom. The van der Waals surface area contributed by atoms with E-state index in [4.69, 9.17) is 0 Å². The van der Waals surface area contributed by atoms with Gasteiger partial charge in [-0.15, -0.1) is 0 Å². The van der Waals surface area contributed by atoms with Crippen LogP contribution in [0.3, 0.4) is 0 Å². The van der Waals surface area contributed by atoms with E-state index < -0.39 is 23.3 Å². The average Bonchev–Trinajstić information content (AvgIpc) is 3.44. The van der Waals surface area contributed by atoms with Crippen molar-refractivity contribution in [1.82, 2.24) is 14.8 Å². The summed E-state index contributed by atoms with van der Waals surface area (Å²) in [5, 5.41) is 0. The quantitative estimate of drug-likeness (QED) is 0.537. The Kier molecular flexibility index (Phi) is 3.84. The number of halogens is 2. The van der Waals surface area contributed by atoms with Gasteiger partial charge in [-0.2, -0.15) is 4.99 Å². The van der Waals surface area contributed by atoms with Crippen molar-refractivity contribution < 1.29 is 18.4 Å². The Morgan fingerprint density at radius 2 is 1.81 bits per heavy atom. The molecule has 0 bridgehead atoms. The minimum atomic E-state index is -0.847. The first-order valence-electron chi connectivity index (χ1n) is 10.2. The van der Waals surface area contributed by atoms with Gasteiger partial charge >= 0.3 is 0 Å². The van der Waals surface area contributed by atoms with Crippen LogP contribution in [0.1, 0.15) is 36.0 Å². The molecule has 7 nitrogen and oxygen atoms in total. The monoisotopic (exact) mass is 431 g/mol. The second-order valence-electron chi connectivity index (χ2n) is 8.13. The number of benzene rings is 1. The lowest BCUT2D eigenvalue weighted by Gasteiger charge is -2.42. The maximum Gasteiger partial charge on any atom is 0.274 e. The summed E-state index contributed by atoms with van der Waals surface area (Å²) in [5.74, 6) is 3.53. The van der Waals surface area contributed by atoms with E-state index in [1.54, 1.807) is 29.4 Å². The number of guanidine groups is 1. The summed E-state index contributed by atoms with van der Waals surface area (Å²) in [4.78, 5) is 40.1. The molecule has 0 radical (unpaired) electrons. The molecule has 158 valence electrons. The number of likely N-dealkylation sites (tertiary alicyclic amines) is 1. The number of β-lactam (4-membered cyclic amide) rings is 1. The van der Waals surface area contributed by atoms with Crippen LogP contribution in [0.25, 0.3) is 0 Å². The van der Waals surface area contributed by atoms with Gasteiger partial charge in [0.15, 0.2) is 6.17 Å². The van der Waals surface area contributed by atoms with Crippen LogP contribution in [0.15, 0.2) is 46.6 Å². The molecule has 1 saturated heterocycles. The lowest BCUT2D eigenvalue weighted by molar-refractivity contribution is -0.145. The molecule has 3 aliphatic heterocycles. The lowest BCUT2D eigenvalue weighted by Crippen LogP contribution is -2.61. The van der Waals surface area contributed by atoms with Crippen LogP contribution in [0.2, 0.25) is 0 Å². The van der Waals surface area contributed by atoms with Gasteiger partial charge in [-0.3, -0.25) is 19.5 Å². The van der Waals surface area contributed by atoms with Crippen LogP contribution in [-0.2, 0) is 9.59 Å². The molecule has 2 aromatic rings. The number of fused-ring (bicyclic) bond motifs is 2. The molecule has 1 unspecified atom stereocenters. The summed E-state index contributed by atoms with van der Waals surface area (Å²) in [7, 11) is 0. The van der Waals surface area contributed by atoms with Crippen molar-refractivity contribution in [3.05, 3.63) is 65.0 Å². The number of carbonyl (C=O) groups is 2. The average molecular weight is 431 g/mol. The molecular weight excluding hydrogens is 416 g/mol. The van der Waals surface area contributed by atoms with E-state index >= 15 is 8.78 Å². The summed E-state index contributed by atoms with van der Waals surface area (Å²) in [5.41, 5.74) is -0.343. The smallest absolute Gasteiger partial charge is 0.274 e. The van der Waals surface area contributed by atoms with E-state index in [9.17, 15) is 9.59 Å². The molecule has 4 aliphatic rings. The molecule has 1 spiro atoms. The van der Waals surface area contributed by atoms with Crippen LogP contribution in [0.5, 0.6) is 0 Å². The van der Waals surface area contributed by atoms with Crippen molar-refractivity contribution in [2.45, 2.75) is 31.0 Å². The molecule has 2 fully saturated rings. The second-order valence-corrected chi connectivity index (χ2v) is 8.13. The normalized spacial score (nSPS) is 22.2. The van der Waals surface area contributed by atoms with Gasteiger partial charge in [-0.25, -0.2) is 13.8 Å². The van der Waals surface area contributed by atoms with Gasteiger partial charge in [0.25, 0.3) is 5.91 Å². The zero-order valence-electron chi connectivity index (χ0n) is 16.7. The molecule has 2 amide bonds. The zero-order chi connectivity index (χ0) is 22.0. The van der Waals surface area contributed by atoms with E-state index in [-0.39, 0.29) is 34.6 Å². The lowest BCUT2D eigenvalue weighted by atomic mass is 9.99. The molecule has 9 heteroatoms. The van der Waals surface area contributed by atoms with E-state index in [1.165, 1.54) is 4.90 Å². The Bertz CT molecular complexity index is 1300. The number of hydrogen-bond acceptors (Lipinski definition) is 5. The fourth-order valence-electron chi connectivity index (χ4n) is 4.36. The number of amides is 2. The number of carbonyl (C=O) groups excluding carboxylic acids is 2. The fourth-order valence-corrected chi connectivity index (χ4v) is 4.36. The number of rotatable bonds is 2. The van der Waals surface area contributed by atoms with Crippen LogP contribution in [-0.4, -0.2) is 56.5 Å². The predicted molar refractivity (Wildman–Crippen MR) is 109 cm³/mol. The van der Waals surface area contributed by atoms with Crippen molar-refractivity contribution in [2.24, 2.45) is 9.98 Å². The molecule has 1 saturated carbocycles. The van der Waals surface area contributed by atoms with Crippen molar-refractivity contribution >= 4 is 23.5 Å². The highest BCUT2D eigenvalue weighted by Crippen LogP contribution is 2.50. The van der Waals surface area contributed by atoms with Crippen LogP contribution in [0, 0.1) is 23.5 Å². The first kappa shape index (κ1) is 18.8. The summed E-state index contributed by atoms with van der Waals surface area (Å²) in [6.07, 6.45) is 3.82. The first-order valence-corrected chi connectivity index (χ1v) is 10.2. The van der Waals surface area contributed by atoms with Crippen LogP contribution < -0.4 is 0 Å². The highest BCUT2D eigenvalue weighted by atomic mass is 19.1. The number of aliphatic imine (C=N–C) groups is 2. The van der Waals surface area contributed by atoms with Crippen molar-refractivity contribution in [3.8, 4) is 11.8 Å². The molecule has 1 atom stereocenters. The topological polar surface area (TPSA) is 78.2 Å². The third-order valence-electron chi connectivity index (χ3n) is 6.20. The Hall–Kier alpha value is -3.93. The van der Waals surface area contributed by atoms with E-state index in [1.807, 2.05) is 0 Å². The third kappa shape index (κ3) is 2.62. The number of aromatic nitrogens is 1. The maximum absolute atomic E-state index is 15.2. The molecule has 1 aromatic carbocycles. The fraction of sp³-hybridized carbons (Fsp3) is 0.261. The van der Waals surface area contributed by atoms with E-state index in [2.05, 4.69) is 26.8 Å². The van der Waals surface area contributed by atoms with Gasteiger partial charge in [0.05, 0.1) is 5.56 Å². The standard InChI is InChI=1S/C23H15F2N5O2/c24-15-10-14(4-3-13-2-1-8-26-12-13)11-16(25)18(15)19-20(29-9-5-17(29)31)30-22(27-19)28-21(32)23(30)6-7-23/h1-2,8,10-12,20H,5-7,9H2. The number of nitrogens with zero attached hydrogens (tertiary/aromatic N) is 5. The van der Waals surface area contributed by atoms with E-state index in [0.717, 1.165) is 12.1 Å². The maximum atomic E-state index is 15.2. The van der Waals surface area contributed by atoms with Gasteiger partial charge in [-0.05, 0) is 37.1 Å². The zero-order valence-corrected chi connectivity index (χ0v) is 16.7. The number of hydrogen-bond donors (Lipinski definition) is 0. The summed E-state index contributed by atoms with van der Waals surface area (Å²) in [6, 6.07) is 5.74. The SMILES string of the molecule is O=C1CCN1C1C(c2c(F)cc(C#Cc3cccnc3)cc2F)=NC2=NC(=O)C3(CC3)N21. The highest BCUT2D eigenvalue weighted by Gasteiger charge is 2.65. The van der Waals surface area contributed by atoms with Gasteiger partial charge < -0.3 is 4.90 Å². The van der Waals surface area contributed by atoms with Crippen LogP contribution >= 0.6 is 0 Å².